The molecule has 1 aromatic heterocycles. The van der Waals surface area contributed by atoms with Gasteiger partial charge in [-0.2, -0.15) is 5.10 Å². The van der Waals surface area contributed by atoms with Crippen molar-refractivity contribution in [2.45, 2.75) is 31.8 Å². The molecule has 1 atom stereocenters. The molecule has 2 amide bonds. The monoisotopic (exact) mass is 390 g/mol. The predicted molar refractivity (Wildman–Crippen MR) is 95.7 cm³/mol. The van der Waals surface area contributed by atoms with Gasteiger partial charge in [0.25, 0.3) is 21.8 Å². The summed E-state index contributed by atoms with van der Waals surface area (Å²) in [5, 5.41) is 9.85. The summed E-state index contributed by atoms with van der Waals surface area (Å²) < 4.78 is 33.0. The van der Waals surface area contributed by atoms with Crippen LogP contribution in [0.15, 0.2) is 35.4 Å². The molecule has 1 aromatic carbocycles. The van der Waals surface area contributed by atoms with Crippen molar-refractivity contribution in [3.05, 3.63) is 41.7 Å². The van der Waals surface area contributed by atoms with Crippen molar-refractivity contribution in [1.29, 1.82) is 0 Å². The van der Waals surface area contributed by atoms with Crippen molar-refractivity contribution in [1.82, 2.24) is 14.9 Å². The first-order chi connectivity index (χ1) is 12.7. The second kappa shape index (κ2) is 6.95. The average molecular weight is 390 g/mol. The van der Waals surface area contributed by atoms with Crippen LogP contribution in [-0.4, -0.2) is 36.5 Å². The summed E-state index contributed by atoms with van der Waals surface area (Å²) in [6.07, 6.45) is 0.639. The Balaban J connectivity index is 1.94. The smallest absolute Gasteiger partial charge is 0.285 e. The van der Waals surface area contributed by atoms with E-state index in [0.717, 1.165) is 0 Å². The first kappa shape index (κ1) is 18.8. The zero-order chi connectivity index (χ0) is 19.8. The van der Waals surface area contributed by atoms with Crippen LogP contribution < -0.4 is 14.8 Å². The summed E-state index contributed by atoms with van der Waals surface area (Å²) in [6, 6.07) is 5.61. The molecule has 2 heterocycles. The maximum atomic E-state index is 12.7. The molecule has 1 unspecified atom stereocenters. The third-order valence-corrected chi connectivity index (χ3v) is 5.45. The Hall–Kier alpha value is -3.01. The number of rotatable bonds is 4. The second-order valence-corrected chi connectivity index (χ2v) is 8.08. The number of nitrogens with one attached hydrogen (secondary N) is 2. The van der Waals surface area contributed by atoms with Crippen LogP contribution >= 0.6 is 0 Å². The van der Waals surface area contributed by atoms with Gasteiger partial charge in [0.05, 0.1) is 10.6 Å². The van der Waals surface area contributed by atoms with Crippen LogP contribution in [0.4, 0.5) is 5.69 Å². The molecule has 1 aliphatic rings. The van der Waals surface area contributed by atoms with Crippen LogP contribution in [0.1, 0.15) is 29.9 Å². The van der Waals surface area contributed by atoms with E-state index in [2.05, 4.69) is 15.5 Å². The van der Waals surface area contributed by atoms with Gasteiger partial charge in [-0.05, 0) is 36.6 Å². The number of amides is 2. The molecule has 0 aliphatic carbocycles. The number of sulfonamides is 1. The zero-order valence-corrected chi connectivity index (χ0v) is 15.7. The Morgan fingerprint density at radius 3 is 2.70 bits per heavy atom. The van der Waals surface area contributed by atoms with Crippen molar-refractivity contribution in [3.8, 4) is 5.75 Å². The van der Waals surface area contributed by atoms with Crippen molar-refractivity contribution in [2.75, 3.05) is 5.32 Å². The van der Waals surface area contributed by atoms with E-state index in [9.17, 15) is 18.0 Å². The van der Waals surface area contributed by atoms with Gasteiger partial charge in [-0.25, -0.2) is 13.1 Å². The lowest BCUT2D eigenvalue weighted by atomic mass is 10.0. The number of anilines is 1. The molecule has 142 valence electrons. The number of benzene rings is 1. The lowest BCUT2D eigenvalue weighted by molar-refractivity contribution is -0.125. The van der Waals surface area contributed by atoms with Crippen LogP contribution in [0.5, 0.6) is 5.75 Å². The molecule has 2 aromatic rings. The number of hydrogen-bond acceptors (Lipinski definition) is 7. The number of carbonyl (C=O) groups excluding carboxylic acids is 2. The first-order valence-corrected chi connectivity index (χ1v) is 9.64. The Morgan fingerprint density at radius 2 is 2.07 bits per heavy atom. The molecule has 0 spiro atoms. The number of hydrogen-bond donors (Lipinski definition) is 2. The third-order valence-electron chi connectivity index (χ3n) is 3.97. The molecule has 3 rings (SSSR count). The Morgan fingerprint density at radius 1 is 1.33 bits per heavy atom. The Bertz CT molecular complexity index is 1010. The van der Waals surface area contributed by atoms with Gasteiger partial charge in [-0.3, -0.25) is 9.59 Å². The number of fused-ring (bicyclic) bond motifs is 1. The van der Waals surface area contributed by atoms with Gasteiger partial charge in [0.2, 0.25) is 0 Å². The summed E-state index contributed by atoms with van der Waals surface area (Å²) >= 11 is 0. The SMILES string of the molecule is Cc1cc2c(cc1S(=O)(=O)NC(=O)c1cccnn1)OC(C(C)C)C(=O)N2. The highest BCUT2D eigenvalue weighted by Crippen LogP contribution is 2.35. The van der Waals surface area contributed by atoms with Gasteiger partial charge in [0, 0.05) is 12.3 Å². The fourth-order valence-corrected chi connectivity index (χ4v) is 3.84. The Labute approximate surface area is 156 Å². The molecule has 9 nitrogen and oxygen atoms in total. The molecular formula is C17H18N4O5S. The van der Waals surface area contributed by atoms with Gasteiger partial charge >= 0.3 is 0 Å². The maximum Gasteiger partial charge on any atom is 0.285 e. The highest BCUT2D eigenvalue weighted by Gasteiger charge is 2.32. The lowest BCUT2D eigenvalue weighted by Gasteiger charge is -2.29. The molecule has 0 bridgehead atoms. The maximum absolute atomic E-state index is 12.7. The molecule has 2 N–H and O–H groups in total. The van der Waals surface area contributed by atoms with Gasteiger partial charge < -0.3 is 10.1 Å². The highest BCUT2D eigenvalue weighted by atomic mass is 32.2. The van der Waals surface area contributed by atoms with E-state index in [0.29, 0.717) is 11.3 Å². The van der Waals surface area contributed by atoms with Crippen molar-refractivity contribution < 1.29 is 22.7 Å². The van der Waals surface area contributed by atoms with Crippen molar-refractivity contribution in [3.63, 3.8) is 0 Å². The van der Waals surface area contributed by atoms with Crippen LogP contribution in [0.2, 0.25) is 0 Å². The fraction of sp³-hybridized carbons (Fsp3) is 0.294. The summed E-state index contributed by atoms with van der Waals surface area (Å²) in [6.45, 7) is 5.20. The van der Waals surface area contributed by atoms with E-state index in [1.165, 1.54) is 30.5 Å². The highest BCUT2D eigenvalue weighted by molar-refractivity contribution is 7.90. The summed E-state index contributed by atoms with van der Waals surface area (Å²) in [5.74, 6) is -1.06. The predicted octanol–water partition coefficient (Wildman–Crippen LogP) is 1.26. The zero-order valence-electron chi connectivity index (χ0n) is 14.9. The van der Waals surface area contributed by atoms with E-state index in [4.69, 9.17) is 4.74 Å². The number of aromatic nitrogens is 2. The van der Waals surface area contributed by atoms with E-state index in [-0.39, 0.29) is 28.2 Å². The molecule has 27 heavy (non-hydrogen) atoms. The number of nitrogens with zero attached hydrogens (tertiary/aromatic N) is 2. The van der Waals surface area contributed by atoms with Crippen LogP contribution in [0.25, 0.3) is 0 Å². The normalized spacial score (nSPS) is 16.3. The topological polar surface area (TPSA) is 127 Å². The molecule has 0 radical (unpaired) electrons. The minimum atomic E-state index is -4.18. The lowest BCUT2D eigenvalue weighted by Crippen LogP contribution is -2.40. The van der Waals surface area contributed by atoms with E-state index in [1.807, 2.05) is 18.6 Å². The summed E-state index contributed by atoms with van der Waals surface area (Å²) in [5.41, 5.74) is 0.605. The quantitative estimate of drug-likeness (QED) is 0.804. The summed E-state index contributed by atoms with van der Waals surface area (Å²) in [4.78, 5) is 24.1. The van der Waals surface area contributed by atoms with Crippen LogP contribution in [0, 0.1) is 12.8 Å². The van der Waals surface area contributed by atoms with Crippen molar-refractivity contribution in [2.24, 2.45) is 5.92 Å². The fourth-order valence-electron chi connectivity index (χ4n) is 2.64. The van der Waals surface area contributed by atoms with E-state index >= 15 is 0 Å². The molecule has 1 aliphatic heterocycles. The Kier molecular flexibility index (Phi) is 4.83. The number of carbonyl (C=O) groups is 2. The van der Waals surface area contributed by atoms with Gasteiger partial charge in [-0.15, -0.1) is 5.10 Å². The standard InChI is InChI=1S/C17H18N4O5S/c1-9(2)15-17(23)19-12-7-10(3)14(8-13(12)26-15)27(24,25)21-16(22)11-5-4-6-18-20-11/h4-9,15H,1-3H3,(H,19,23)(H,21,22). The molecular weight excluding hydrogens is 372 g/mol. The first-order valence-electron chi connectivity index (χ1n) is 8.16. The molecule has 10 heteroatoms. The minimum Gasteiger partial charge on any atom is -0.478 e. The average Bonchev–Trinajstić information content (AvgIpc) is 2.60. The van der Waals surface area contributed by atoms with Gasteiger partial charge in [0.1, 0.15) is 5.75 Å². The van der Waals surface area contributed by atoms with Crippen LogP contribution in [0.3, 0.4) is 0 Å². The summed E-state index contributed by atoms with van der Waals surface area (Å²) in [7, 11) is -4.18. The molecule has 0 saturated carbocycles. The van der Waals surface area contributed by atoms with Crippen molar-refractivity contribution >= 4 is 27.5 Å². The molecule has 0 fully saturated rings. The van der Waals surface area contributed by atoms with E-state index in [1.54, 1.807) is 6.92 Å². The van der Waals surface area contributed by atoms with Gasteiger partial charge in [0.15, 0.2) is 11.8 Å². The second-order valence-electron chi connectivity index (χ2n) is 6.43. The molecule has 0 saturated heterocycles. The van der Waals surface area contributed by atoms with Gasteiger partial charge in [-0.1, -0.05) is 13.8 Å². The minimum absolute atomic E-state index is 0.101. The largest absolute Gasteiger partial charge is 0.478 e. The van der Waals surface area contributed by atoms with Crippen LogP contribution in [-0.2, 0) is 14.8 Å². The number of aryl methyl sites for hydroxylation is 1. The third kappa shape index (κ3) is 3.75. The number of ether oxygens (including phenoxy) is 1. The van der Waals surface area contributed by atoms with E-state index < -0.39 is 22.0 Å².